The second-order valence-electron chi connectivity index (χ2n) is 5.56. The average molecular weight is 380 g/mol. The number of aromatic nitrogens is 4. The van der Waals surface area contributed by atoms with Crippen LogP contribution in [0.1, 0.15) is 15.2 Å². The third-order valence-electron chi connectivity index (χ3n) is 3.92. The van der Waals surface area contributed by atoms with E-state index in [0.29, 0.717) is 31.9 Å². The molecule has 4 rings (SSSR count). The maximum absolute atomic E-state index is 12.8. The monoisotopic (exact) mass is 380 g/mol. The van der Waals surface area contributed by atoms with E-state index in [0.717, 1.165) is 12.1 Å². The van der Waals surface area contributed by atoms with Crippen LogP contribution in [-0.4, -0.2) is 32.6 Å². The van der Waals surface area contributed by atoms with Crippen LogP contribution in [0.2, 0.25) is 0 Å². The van der Waals surface area contributed by atoms with Gasteiger partial charge in [-0.25, -0.2) is 4.79 Å². The van der Waals surface area contributed by atoms with E-state index in [1.54, 1.807) is 17.7 Å². The Balaban J connectivity index is 1.97. The lowest BCUT2D eigenvalue weighted by atomic mass is 10.2. The van der Waals surface area contributed by atoms with Crippen LogP contribution in [0.4, 0.5) is 13.2 Å². The zero-order valence-corrected chi connectivity index (χ0v) is 14.4. The molecule has 0 unspecified atom stereocenters. The molecule has 3 heterocycles. The summed E-state index contributed by atoms with van der Waals surface area (Å²) in [5.41, 5.74) is 1.47. The van der Waals surface area contributed by atoms with Gasteiger partial charge in [-0.1, -0.05) is 0 Å². The molecule has 0 aliphatic rings. The maximum atomic E-state index is 12.8. The van der Waals surface area contributed by atoms with Gasteiger partial charge in [-0.15, -0.1) is 16.4 Å². The predicted octanol–water partition coefficient (Wildman–Crippen LogP) is 3.78. The van der Waals surface area contributed by atoms with Crippen LogP contribution < -0.4 is 0 Å². The van der Waals surface area contributed by atoms with Gasteiger partial charge in [0.25, 0.3) is 0 Å². The number of halogens is 3. The second-order valence-corrected chi connectivity index (χ2v) is 6.61. The fourth-order valence-electron chi connectivity index (χ4n) is 2.79. The molecule has 0 spiro atoms. The third-order valence-corrected chi connectivity index (χ3v) is 5.03. The normalized spacial score (nSPS) is 12.2. The number of alkyl halides is 3. The Hall–Kier alpha value is -2.88. The number of methoxy groups -OCH3 is 1. The number of esters is 1. The molecule has 6 nitrogen and oxygen atoms in total. The predicted molar refractivity (Wildman–Crippen MR) is 89.6 cm³/mol. The number of aryl methyl sites for hydroxylation is 1. The molecular formula is C16H11F3N4O2S. The van der Waals surface area contributed by atoms with Gasteiger partial charge < -0.3 is 4.74 Å². The number of ether oxygens (including phenoxy) is 1. The van der Waals surface area contributed by atoms with Gasteiger partial charge in [-0.3, -0.25) is 4.57 Å². The molecule has 26 heavy (non-hydrogen) atoms. The van der Waals surface area contributed by atoms with Crippen LogP contribution in [0.25, 0.3) is 27.1 Å². The molecule has 0 radical (unpaired) electrons. The first-order valence-electron chi connectivity index (χ1n) is 7.41. The van der Waals surface area contributed by atoms with Crippen LogP contribution >= 0.6 is 11.3 Å². The van der Waals surface area contributed by atoms with Crippen molar-refractivity contribution in [2.45, 2.75) is 6.18 Å². The van der Waals surface area contributed by atoms with Crippen LogP contribution in [-0.2, 0) is 18.0 Å². The van der Waals surface area contributed by atoms with Crippen molar-refractivity contribution in [3.05, 3.63) is 40.8 Å². The number of thiophene rings is 1. The molecule has 0 bridgehead atoms. The van der Waals surface area contributed by atoms with Crippen LogP contribution in [0.15, 0.2) is 30.3 Å². The number of carbonyl (C=O) groups is 1. The summed E-state index contributed by atoms with van der Waals surface area (Å²) in [4.78, 5) is 13.6. The first-order valence-corrected chi connectivity index (χ1v) is 8.22. The highest BCUT2D eigenvalue weighted by molar-refractivity contribution is 7.21. The van der Waals surface area contributed by atoms with E-state index in [9.17, 15) is 18.0 Å². The first-order chi connectivity index (χ1) is 12.3. The SMILES string of the molecule is COC(=O)c1cc2c(s1)c1nn(C)nc1n2-c1ccc(C(F)(F)F)cc1. The number of carbonyl (C=O) groups excluding carboxylic acids is 1. The van der Waals surface area contributed by atoms with Gasteiger partial charge in [-0.2, -0.15) is 23.1 Å². The summed E-state index contributed by atoms with van der Waals surface area (Å²) in [5, 5.41) is 8.61. The van der Waals surface area contributed by atoms with Crippen LogP contribution in [0, 0.1) is 0 Å². The summed E-state index contributed by atoms with van der Waals surface area (Å²) in [7, 11) is 2.94. The quantitative estimate of drug-likeness (QED) is 0.497. The summed E-state index contributed by atoms with van der Waals surface area (Å²) < 4.78 is 45.6. The average Bonchev–Trinajstić information content (AvgIpc) is 3.23. The lowest BCUT2D eigenvalue weighted by Gasteiger charge is -2.09. The molecule has 0 amide bonds. The van der Waals surface area contributed by atoms with Crippen molar-refractivity contribution < 1.29 is 22.7 Å². The van der Waals surface area contributed by atoms with E-state index in [-0.39, 0.29) is 0 Å². The Labute approximate surface area is 148 Å². The molecular weight excluding hydrogens is 369 g/mol. The topological polar surface area (TPSA) is 61.9 Å². The standard InChI is InChI=1S/C16H11F3N4O2S/c1-22-20-12-13-10(7-11(26-13)15(24)25-2)23(14(12)21-22)9-5-3-8(4-6-9)16(17,18)19/h3-7H,1-2H3. The number of fused-ring (bicyclic) bond motifs is 3. The minimum Gasteiger partial charge on any atom is -0.465 e. The second kappa shape index (κ2) is 5.56. The molecule has 3 aromatic heterocycles. The fourth-order valence-corrected chi connectivity index (χ4v) is 3.83. The molecule has 10 heteroatoms. The highest BCUT2D eigenvalue weighted by Gasteiger charge is 2.30. The number of nitrogens with zero attached hydrogens (tertiary/aromatic N) is 4. The van der Waals surface area contributed by atoms with Crippen molar-refractivity contribution in [3.63, 3.8) is 0 Å². The number of rotatable bonds is 2. The lowest BCUT2D eigenvalue weighted by Crippen LogP contribution is -2.05. The first kappa shape index (κ1) is 16.6. The van der Waals surface area contributed by atoms with Crippen LogP contribution in [0.3, 0.4) is 0 Å². The lowest BCUT2D eigenvalue weighted by molar-refractivity contribution is -0.137. The Bertz CT molecular complexity index is 1140. The van der Waals surface area contributed by atoms with E-state index >= 15 is 0 Å². The van der Waals surface area contributed by atoms with Crippen molar-refractivity contribution in [1.29, 1.82) is 0 Å². The molecule has 0 saturated carbocycles. The molecule has 0 N–H and O–H groups in total. The Morgan fingerprint density at radius 1 is 1.19 bits per heavy atom. The molecule has 0 aliphatic heterocycles. The zero-order valence-electron chi connectivity index (χ0n) is 13.5. The zero-order chi connectivity index (χ0) is 18.6. The van der Waals surface area contributed by atoms with E-state index < -0.39 is 17.7 Å². The number of hydrogen-bond acceptors (Lipinski definition) is 5. The van der Waals surface area contributed by atoms with Gasteiger partial charge in [0.1, 0.15) is 10.4 Å². The van der Waals surface area contributed by atoms with E-state index in [1.165, 1.54) is 35.4 Å². The molecule has 134 valence electrons. The highest BCUT2D eigenvalue weighted by Crippen LogP contribution is 2.37. The Morgan fingerprint density at radius 3 is 2.50 bits per heavy atom. The largest absolute Gasteiger partial charge is 0.465 e. The fraction of sp³-hybridized carbons (Fsp3) is 0.188. The highest BCUT2D eigenvalue weighted by atomic mass is 32.1. The smallest absolute Gasteiger partial charge is 0.416 e. The number of hydrogen-bond donors (Lipinski definition) is 0. The Morgan fingerprint density at radius 2 is 1.88 bits per heavy atom. The molecule has 0 atom stereocenters. The number of benzene rings is 1. The van der Waals surface area contributed by atoms with E-state index in [2.05, 4.69) is 10.2 Å². The van der Waals surface area contributed by atoms with Gasteiger partial charge in [0.05, 0.1) is 22.9 Å². The van der Waals surface area contributed by atoms with Crippen LogP contribution in [0.5, 0.6) is 0 Å². The molecule has 1 aromatic carbocycles. The summed E-state index contributed by atoms with van der Waals surface area (Å²) >= 11 is 1.20. The minimum absolute atomic E-state index is 0.380. The maximum Gasteiger partial charge on any atom is 0.416 e. The van der Waals surface area contributed by atoms with Gasteiger partial charge in [0.2, 0.25) is 0 Å². The molecule has 4 aromatic rings. The summed E-state index contributed by atoms with van der Waals surface area (Å²) in [6.45, 7) is 0. The Kier molecular flexibility index (Phi) is 3.55. The minimum atomic E-state index is -4.41. The summed E-state index contributed by atoms with van der Waals surface area (Å²) in [6.07, 6.45) is -4.41. The summed E-state index contributed by atoms with van der Waals surface area (Å²) in [5.74, 6) is -0.484. The van der Waals surface area contributed by atoms with E-state index in [4.69, 9.17) is 4.74 Å². The van der Waals surface area contributed by atoms with Crippen molar-refractivity contribution >= 4 is 38.7 Å². The summed E-state index contributed by atoms with van der Waals surface area (Å²) in [6, 6.07) is 6.39. The van der Waals surface area contributed by atoms with Gasteiger partial charge >= 0.3 is 12.1 Å². The molecule has 0 aliphatic carbocycles. The van der Waals surface area contributed by atoms with Crippen molar-refractivity contribution in [3.8, 4) is 5.69 Å². The van der Waals surface area contributed by atoms with E-state index in [1.807, 2.05) is 0 Å². The molecule has 0 fully saturated rings. The van der Waals surface area contributed by atoms with Crippen molar-refractivity contribution in [1.82, 2.24) is 19.6 Å². The van der Waals surface area contributed by atoms with Gasteiger partial charge in [0, 0.05) is 12.7 Å². The van der Waals surface area contributed by atoms with Crippen molar-refractivity contribution in [2.24, 2.45) is 7.05 Å². The van der Waals surface area contributed by atoms with Gasteiger partial charge in [0.15, 0.2) is 5.65 Å². The molecule has 0 saturated heterocycles. The van der Waals surface area contributed by atoms with Crippen molar-refractivity contribution in [2.75, 3.05) is 7.11 Å². The third kappa shape index (κ3) is 2.45. The van der Waals surface area contributed by atoms with Gasteiger partial charge in [-0.05, 0) is 30.3 Å².